The fourth-order valence-electron chi connectivity index (χ4n) is 4.32. The molecule has 0 aromatic carbocycles. The Kier molecular flexibility index (Phi) is 5.85. The topological polar surface area (TPSA) is 82.8 Å². The second-order valence-corrected chi connectivity index (χ2v) is 8.14. The Balaban J connectivity index is 1.50. The van der Waals surface area contributed by atoms with E-state index < -0.39 is 0 Å². The number of carbonyl (C=O) groups excluding carboxylic acids is 2. The molecule has 1 atom stereocenters. The molecule has 0 unspecified atom stereocenters. The van der Waals surface area contributed by atoms with Gasteiger partial charge in [0.25, 0.3) is 11.8 Å². The molecule has 0 radical (unpaired) electrons. The maximum atomic E-state index is 13.2. The molecule has 0 aliphatic carbocycles. The second kappa shape index (κ2) is 8.55. The lowest BCUT2D eigenvalue weighted by Crippen LogP contribution is -2.47. The summed E-state index contributed by atoms with van der Waals surface area (Å²) in [5.74, 6) is 0.533. The van der Waals surface area contributed by atoms with Crippen LogP contribution in [0.1, 0.15) is 63.7 Å². The minimum Gasteiger partial charge on any atom is -0.361 e. The maximum Gasteiger partial charge on any atom is 0.259 e. The summed E-state index contributed by atoms with van der Waals surface area (Å²) in [5, 5.41) is 4.02. The summed E-state index contributed by atoms with van der Waals surface area (Å²) < 4.78 is 5.26. The molecule has 8 nitrogen and oxygen atoms in total. The number of aryl methyl sites for hydroxylation is 2. The van der Waals surface area contributed by atoms with Gasteiger partial charge >= 0.3 is 0 Å². The Bertz CT molecular complexity index is 915. The first-order valence-corrected chi connectivity index (χ1v) is 10.7. The van der Waals surface area contributed by atoms with Crippen molar-refractivity contribution in [1.29, 1.82) is 0 Å². The van der Waals surface area contributed by atoms with Gasteiger partial charge in [0.2, 0.25) is 0 Å². The van der Waals surface area contributed by atoms with E-state index in [1.807, 2.05) is 28.9 Å². The molecule has 4 heterocycles. The van der Waals surface area contributed by atoms with Crippen LogP contribution in [0.15, 0.2) is 22.9 Å². The minimum absolute atomic E-state index is 0.0224. The molecule has 0 spiro atoms. The molecule has 4 rings (SSSR count). The predicted molar refractivity (Wildman–Crippen MR) is 111 cm³/mol. The van der Waals surface area contributed by atoms with E-state index in [2.05, 4.69) is 22.1 Å². The monoisotopic (exact) mass is 411 g/mol. The van der Waals surface area contributed by atoms with E-state index in [4.69, 9.17) is 4.52 Å². The van der Waals surface area contributed by atoms with Crippen molar-refractivity contribution in [3.63, 3.8) is 0 Å². The van der Waals surface area contributed by atoms with Crippen molar-refractivity contribution in [3.05, 3.63) is 46.6 Å². The molecule has 160 valence electrons. The van der Waals surface area contributed by atoms with Gasteiger partial charge in [-0.3, -0.25) is 14.6 Å². The lowest BCUT2D eigenvalue weighted by molar-refractivity contribution is 0.0661. The van der Waals surface area contributed by atoms with Gasteiger partial charge in [-0.2, -0.15) is 0 Å². The van der Waals surface area contributed by atoms with Gasteiger partial charge in [0.15, 0.2) is 0 Å². The van der Waals surface area contributed by atoms with Crippen LogP contribution in [0.2, 0.25) is 0 Å². The zero-order valence-electron chi connectivity index (χ0n) is 17.9. The van der Waals surface area contributed by atoms with E-state index in [1.165, 1.54) is 0 Å². The van der Waals surface area contributed by atoms with Gasteiger partial charge < -0.3 is 19.2 Å². The third kappa shape index (κ3) is 3.84. The lowest BCUT2D eigenvalue weighted by Gasteiger charge is -2.32. The number of pyridine rings is 1. The van der Waals surface area contributed by atoms with Crippen molar-refractivity contribution in [2.45, 2.75) is 39.2 Å². The van der Waals surface area contributed by atoms with Crippen LogP contribution in [-0.4, -0.2) is 76.4 Å². The molecule has 0 saturated carbocycles. The fourth-order valence-corrected chi connectivity index (χ4v) is 4.32. The smallest absolute Gasteiger partial charge is 0.259 e. The van der Waals surface area contributed by atoms with Crippen molar-refractivity contribution in [1.82, 2.24) is 24.8 Å². The van der Waals surface area contributed by atoms with Gasteiger partial charge in [-0.15, -0.1) is 0 Å². The summed E-state index contributed by atoms with van der Waals surface area (Å²) in [6.45, 7) is 7.67. The van der Waals surface area contributed by atoms with Crippen LogP contribution >= 0.6 is 0 Å². The van der Waals surface area contributed by atoms with Crippen LogP contribution < -0.4 is 0 Å². The average molecular weight is 412 g/mol. The molecule has 30 heavy (non-hydrogen) atoms. The first-order valence-electron chi connectivity index (χ1n) is 10.7. The van der Waals surface area contributed by atoms with Crippen LogP contribution in [0.4, 0.5) is 0 Å². The Morgan fingerprint density at radius 3 is 2.57 bits per heavy atom. The number of piperazine rings is 1. The number of carbonyl (C=O) groups is 2. The van der Waals surface area contributed by atoms with Gasteiger partial charge in [-0.05, 0) is 45.4 Å². The van der Waals surface area contributed by atoms with Crippen LogP contribution in [0, 0.1) is 6.92 Å². The number of likely N-dealkylation sites (tertiary alicyclic amines) is 1. The maximum absolute atomic E-state index is 13.2. The van der Waals surface area contributed by atoms with Crippen LogP contribution in [0.25, 0.3) is 0 Å². The molecule has 8 heteroatoms. The number of amides is 2. The Morgan fingerprint density at radius 2 is 1.90 bits per heavy atom. The fraction of sp³-hybridized carbons (Fsp3) is 0.545. The molecule has 2 amide bonds. The van der Waals surface area contributed by atoms with Crippen molar-refractivity contribution >= 4 is 11.8 Å². The third-order valence-corrected chi connectivity index (χ3v) is 6.16. The molecule has 0 bridgehead atoms. The first kappa shape index (κ1) is 20.5. The van der Waals surface area contributed by atoms with Gasteiger partial charge in [-0.1, -0.05) is 12.1 Å². The van der Waals surface area contributed by atoms with E-state index in [0.29, 0.717) is 35.5 Å². The van der Waals surface area contributed by atoms with E-state index in [1.54, 1.807) is 13.1 Å². The summed E-state index contributed by atoms with van der Waals surface area (Å²) >= 11 is 0. The molecule has 2 aliphatic rings. The molecule has 2 aliphatic heterocycles. The van der Waals surface area contributed by atoms with Crippen LogP contribution in [0.5, 0.6) is 0 Å². The van der Waals surface area contributed by atoms with Crippen molar-refractivity contribution in [3.8, 4) is 0 Å². The largest absolute Gasteiger partial charge is 0.361 e. The molecule has 2 aromatic rings. The van der Waals surface area contributed by atoms with Gasteiger partial charge in [-0.25, -0.2) is 0 Å². The molecule has 2 aromatic heterocycles. The average Bonchev–Trinajstić information content (AvgIpc) is 3.40. The van der Waals surface area contributed by atoms with Crippen molar-refractivity contribution in [2.75, 3.05) is 39.8 Å². The van der Waals surface area contributed by atoms with Gasteiger partial charge in [0.05, 0.1) is 23.0 Å². The number of hydrogen-bond acceptors (Lipinski definition) is 6. The third-order valence-electron chi connectivity index (χ3n) is 6.16. The van der Waals surface area contributed by atoms with E-state index in [0.717, 1.165) is 44.7 Å². The van der Waals surface area contributed by atoms with Gasteiger partial charge in [0, 0.05) is 38.9 Å². The highest BCUT2D eigenvalue weighted by Crippen LogP contribution is 2.33. The molecule has 2 saturated heterocycles. The van der Waals surface area contributed by atoms with E-state index >= 15 is 0 Å². The molecular weight excluding hydrogens is 382 g/mol. The number of aromatic nitrogens is 2. The van der Waals surface area contributed by atoms with Crippen molar-refractivity contribution in [2.24, 2.45) is 0 Å². The molecule has 2 fully saturated rings. The highest BCUT2D eigenvalue weighted by Gasteiger charge is 2.34. The summed E-state index contributed by atoms with van der Waals surface area (Å²) in [4.78, 5) is 36.5. The SMILES string of the molecule is CCc1noc(C)c1C(=O)N1CCC[C@H]1c1ccc(C(=O)N2CCN(C)CC2)cn1. The first-order chi connectivity index (χ1) is 14.5. The molecule has 0 N–H and O–H groups in total. The highest BCUT2D eigenvalue weighted by atomic mass is 16.5. The summed E-state index contributed by atoms with van der Waals surface area (Å²) in [7, 11) is 2.07. The number of likely N-dealkylation sites (N-methyl/N-ethyl adjacent to an activating group) is 1. The van der Waals surface area contributed by atoms with Crippen LogP contribution in [-0.2, 0) is 6.42 Å². The summed E-state index contributed by atoms with van der Waals surface area (Å²) in [5.41, 5.74) is 2.70. The minimum atomic E-state index is -0.0932. The molecular formula is C22H29N5O3. The summed E-state index contributed by atoms with van der Waals surface area (Å²) in [6.07, 6.45) is 4.08. The zero-order valence-corrected chi connectivity index (χ0v) is 17.9. The lowest BCUT2D eigenvalue weighted by atomic mass is 10.1. The Morgan fingerprint density at radius 1 is 1.13 bits per heavy atom. The Hall–Kier alpha value is -2.74. The summed E-state index contributed by atoms with van der Waals surface area (Å²) in [6, 6.07) is 3.64. The standard InChI is InChI=1S/C22H29N5O3/c1-4-17-20(15(2)30-24-17)22(29)27-9-5-6-19(27)18-8-7-16(14-23-18)21(28)26-12-10-25(3)11-13-26/h7-8,14,19H,4-6,9-13H2,1-3H3/t19-/m0/s1. The number of rotatable bonds is 4. The highest BCUT2D eigenvalue weighted by molar-refractivity contribution is 5.96. The van der Waals surface area contributed by atoms with Gasteiger partial charge in [0.1, 0.15) is 11.3 Å². The quantitative estimate of drug-likeness (QED) is 0.768. The normalized spacial score (nSPS) is 20.0. The van der Waals surface area contributed by atoms with E-state index in [9.17, 15) is 9.59 Å². The zero-order chi connectivity index (χ0) is 21.3. The van der Waals surface area contributed by atoms with E-state index in [-0.39, 0.29) is 17.9 Å². The number of nitrogens with zero attached hydrogens (tertiary/aromatic N) is 5. The van der Waals surface area contributed by atoms with Crippen LogP contribution in [0.3, 0.4) is 0 Å². The Labute approximate surface area is 176 Å². The number of hydrogen-bond donors (Lipinski definition) is 0. The van der Waals surface area contributed by atoms with Crippen molar-refractivity contribution < 1.29 is 14.1 Å². The second-order valence-electron chi connectivity index (χ2n) is 8.14. The predicted octanol–water partition coefficient (Wildman–Crippen LogP) is 2.31.